The molecule has 1 aromatic carbocycles. The number of hydrogen-bond acceptors (Lipinski definition) is 4. The van der Waals surface area contributed by atoms with Gasteiger partial charge in [-0.05, 0) is 25.8 Å². The first kappa shape index (κ1) is 15.9. The molecule has 0 aromatic heterocycles. The summed E-state index contributed by atoms with van der Waals surface area (Å²) in [5.74, 6) is -2.62. The third-order valence-corrected chi connectivity index (χ3v) is 4.09. The van der Waals surface area contributed by atoms with Gasteiger partial charge in [0.25, 0.3) is 5.69 Å². The van der Waals surface area contributed by atoms with Crippen LogP contribution in [0.1, 0.15) is 31.2 Å². The summed E-state index contributed by atoms with van der Waals surface area (Å²) < 4.78 is 0. The Hall–Kier alpha value is -2.44. The van der Waals surface area contributed by atoms with Crippen LogP contribution in [0.15, 0.2) is 18.2 Å². The lowest BCUT2D eigenvalue weighted by Crippen LogP contribution is -2.36. The topological polar surface area (TPSA) is 110 Å². The van der Waals surface area contributed by atoms with Crippen LogP contribution in [-0.4, -0.2) is 21.9 Å². The van der Waals surface area contributed by atoms with E-state index in [1.54, 1.807) is 19.1 Å². The maximum atomic E-state index is 12.3. The first-order valence-electron chi connectivity index (χ1n) is 7.19. The van der Waals surface area contributed by atoms with Gasteiger partial charge in [0.1, 0.15) is 0 Å². The zero-order valence-corrected chi connectivity index (χ0v) is 12.2. The largest absolute Gasteiger partial charge is 0.481 e. The predicted octanol–water partition coefficient (Wildman–Crippen LogP) is 2.73. The number of hydrogen-bond donors (Lipinski definition) is 2. The molecule has 118 valence electrons. The number of aliphatic carboxylic acids is 1. The summed E-state index contributed by atoms with van der Waals surface area (Å²) in [5, 5.41) is 22.7. The Morgan fingerprint density at radius 3 is 2.50 bits per heavy atom. The summed E-state index contributed by atoms with van der Waals surface area (Å²) in [5.41, 5.74) is 0.748. The van der Waals surface area contributed by atoms with E-state index < -0.39 is 22.7 Å². The second-order valence-electron chi connectivity index (χ2n) is 5.58. The molecule has 0 spiro atoms. The second kappa shape index (κ2) is 6.55. The zero-order chi connectivity index (χ0) is 16.3. The average Bonchev–Trinajstić information content (AvgIpc) is 2.48. The van der Waals surface area contributed by atoms with Crippen molar-refractivity contribution in [3.05, 3.63) is 33.9 Å². The number of nitro benzene ring substituents is 1. The van der Waals surface area contributed by atoms with Crippen LogP contribution in [-0.2, 0) is 9.59 Å². The molecule has 1 aliphatic carbocycles. The van der Waals surface area contributed by atoms with Crippen LogP contribution in [0.2, 0.25) is 0 Å². The van der Waals surface area contributed by atoms with Crippen LogP contribution in [0.4, 0.5) is 11.4 Å². The highest BCUT2D eigenvalue weighted by atomic mass is 16.6. The molecule has 2 atom stereocenters. The van der Waals surface area contributed by atoms with Gasteiger partial charge < -0.3 is 10.4 Å². The average molecular weight is 306 g/mol. The van der Waals surface area contributed by atoms with Crippen molar-refractivity contribution in [3.63, 3.8) is 0 Å². The molecule has 0 aliphatic heterocycles. The molecule has 1 saturated carbocycles. The number of carbonyl (C=O) groups is 2. The van der Waals surface area contributed by atoms with Gasteiger partial charge in [-0.3, -0.25) is 19.7 Å². The Morgan fingerprint density at radius 1 is 1.27 bits per heavy atom. The van der Waals surface area contributed by atoms with E-state index in [0.29, 0.717) is 24.1 Å². The Morgan fingerprint density at radius 2 is 1.91 bits per heavy atom. The number of amides is 1. The lowest BCUT2D eigenvalue weighted by atomic mass is 9.78. The quantitative estimate of drug-likeness (QED) is 0.656. The van der Waals surface area contributed by atoms with E-state index in [0.717, 1.165) is 12.8 Å². The number of aryl methyl sites for hydroxylation is 1. The van der Waals surface area contributed by atoms with Crippen molar-refractivity contribution in [1.82, 2.24) is 0 Å². The van der Waals surface area contributed by atoms with Crippen molar-refractivity contribution in [2.75, 3.05) is 5.32 Å². The summed E-state index contributed by atoms with van der Waals surface area (Å²) in [6, 6.07) is 4.44. The van der Waals surface area contributed by atoms with Gasteiger partial charge in [0.15, 0.2) is 0 Å². The highest BCUT2D eigenvalue weighted by molar-refractivity contribution is 5.95. The van der Waals surface area contributed by atoms with E-state index in [1.165, 1.54) is 6.07 Å². The van der Waals surface area contributed by atoms with Crippen molar-refractivity contribution in [2.45, 2.75) is 32.6 Å². The van der Waals surface area contributed by atoms with E-state index in [2.05, 4.69) is 5.32 Å². The molecule has 2 N–H and O–H groups in total. The monoisotopic (exact) mass is 306 g/mol. The van der Waals surface area contributed by atoms with Crippen LogP contribution >= 0.6 is 0 Å². The predicted molar refractivity (Wildman–Crippen MR) is 79.5 cm³/mol. The Bertz CT molecular complexity index is 614. The number of carbonyl (C=O) groups excluding carboxylic acids is 1. The van der Waals surface area contributed by atoms with Gasteiger partial charge in [-0.25, -0.2) is 0 Å². The van der Waals surface area contributed by atoms with Gasteiger partial charge in [0.05, 0.1) is 16.8 Å². The van der Waals surface area contributed by atoms with Crippen LogP contribution in [0.5, 0.6) is 0 Å². The molecule has 0 radical (unpaired) electrons. The van der Waals surface area contributed by atoms with Crippen molar-refractivity contribution in [1.29, 1.82) is 0 Å². The highest BCUT2D eigenvalue weighted by Gasteiger charge is 2.35. The molecule has 0 heterocycles. The summed E-state index contributed by atoms with van der Waals surface area (Å²) in [6.07, 6.45) is 2.63. The smallest absolute Gasteiger partial charge is 0.307 e. The number of nitro groups is 1. The molecule has 1 amide bonds. The molecule has 0 saturated heterocycles. The van der Waals surface area contributed by atoms with E-state index in [1.807, 2.05) is 0 Å². The van der Waals surface area contributed by atoms with Gasteiger partial charge in [-0.1, -0.05) is 18.9 Å². The molecule has 0 unspecified atom stereocenters. The normalized spacial score (nSPS) is 21.1. The van der Waals surface area contributed by atoms with Gasteiger partial charge >= 0.3 is 5.97 Å². The number of carboxylic acid groups (broad SMARTS) is 1. The Kier molecular flexibility index (Phi) is 4.75. The van der Waals surface area contributed by atoms with Crippen molar-refractivity contribution >= 4 is 23.3 Å². The second-order valence-corrected chi connectivity index (χ2v) is 5.58. The van der Waals surface area contributed by atoms with E-state index in [9.17, 15) is 24.8 Å². The maximum Gasteiger partial charge on any atom is 0.307 e. The number of carboxylic acids is 1. The summed E-state index contributed by atoms with van der Waals surface area (Å²) >= 11 is 0. The van der Waals surface area contributed by atoms with Crippen molar-refractivity contribution < 1.29 is 19.6 Å². The molecule has 1 aromatic rings. The first-order valence-corrected chi connectivity index (χ1v) is 7.19. The molecule has 2 rings (SSSR count). The highest BCUT2D eigenvalue weighted by Crippen LogP contribution is 2.31. The minimum absolute atomic E-state index is 0.0729. The molecular formula is C15H18N2O5. The molecule has 22 heavy (non-hydrogen) atoms. The number of benzene rings is 1. The fourth-order valence-corrected chi connectivity index (χ4v) is 2.86. The van der Waals surface area contributed by atoms with Gasteiger partial charge in [0.2, 0.25) is 5.91 Å². The third kappa shape index (κ3) is 3.41. The third-order valence-electron chi connectivity index (χ3n) is 4.09. The lowest BCUT2D eigenvalue weighted by molar-refractivity contribution is -0.385. The standard InChI is InChI=1S/C15H18N2O5/c1-9-6-7-10(8-13(9)17(21)22)16-14(18)11-4-2-3-5-12(11)15(19)20/h6-8,11-12H,2-5H2,1H3,(H,16,18)(H,19,20)/t11-,12-/m0/s1. The van der Waals surface area contributed by atoms with Gasteiger partial charge in [-0.15, -0.1) is 0 Å². The summed E-state index contributed by atoms with van der Waals surface area (Å²) in [7, 11) is 0. The first-order chi connectivity index (χ1) is 10.4. The molecule has 7 heteroatoms. The molecule has 0 bridgehead atoms. The van der Waals surface area contributed by atoms with Crippen LogP contribution in [0.3, 0.4) is 0 Å². The van der Waals surface area contributed by atoms with Gasteiger partial charge in [-0.2, -0.15) is 0 Å². The Balaban J connectivity index is 2.16. The lowest BCUT2D eigenvalue weighted by Gasteiger charge is -2.27. The van der Waals surface area contributed by atoms with E-state index >= 15 is 0 Å². The fourth-order valence-electron chi connectivity index (χ4n) is 2.86. The van der Waals surface area contributed by atoms with Crippen LogP contribution in [0, 0.1) is 28.9 Å². The molecule has 7 nitrogen and oxygen atoms in total. The summed E-state index contributed by atoms with van der Waals surface area (Å²) in [4.78, 5) is 34.0. The van der Waals surface area contributed by atoms with E-state index in [4.69, 9.17) is 0 Å². The van der Waals surface area contributed by atoms with Crippen molar-refractivity contribution in [2.24, 2.45) is 11.8 Å². The van der Waals surface area contributed by atoms with Crippen LogP contribution in [0.25, 0.3) is 0 Å². The minimum Gasteiger partial charge on any atom is -0.481 e. The molecule has 1 aliphatic rings. The van der Waals surface area contributed by atoms with Crippen LogP contribution < -0.4 is 5.32 Å². The summed E-state index contributed by atoms with van der Waals surface area (Å²) in [6.45, 7) is 1.62. The van der Waals surface area contributed by atoms with Crippen molar-refractivity contribution in [3.8, 4) is 0 Å². The number of rotatable bonds is 4. The number of nitrogens with one attached hydrogen (secondary N) is 1. The number of anilines is 1. The molecular weight excluding hydrogens is 288 g/mol. The minimum atomic E-state index is -0.963. The molecule has 1 fully saturated rings. The Labute approximate surface area is 127 Å². The van der Waals surface area contributed by atoms with E-state index in [-0.39, 0.29) is 11.6 Å². The van der Waals surface area contributed by atoms with Gasteiger partial charge in [0, 0.05) is 17.3 Å². The zero-order valence-electron chi connectivity index (χ0n) is 12.2. The fraction of sp³-hybridized carbons (Fsp3) is 0.467. The maximum absolute atomic E-state index is 12.3. The SMILES string of the molecule is Cc1ccc(NC(=O)[C@H]2CCCC[C@@H]2C(=O)O)cc1[N+](=O)[O-]. The number of nitrogens with zero attached hydrogens (tertiary/aromatic N) is 1.